The van der Waals surface area contributed by atoms with Crippen molar-refractivity contribution in [3.63, 3.8) is 0 Å². The molecule has 0 radical (unpaired) electrons. The molecule has 1 aliphatic heterocycles. The highest BCUT2D eigenvalue weighted by molar-refractivity contribution is 5.86. The summed E-state index contributed by atoms with van der Waals surface area (Å²) < 4.78 is 12.2. The lowest BCUT2D eigenvalue weighted by Crippen LogP contribution is -2.16. The molecule has 1 unspecified atom stereocenters. The molecule has 5 rings (SSSR count). The summed E-state index contributed by atoms with van der Waals surface area (Å²) in [4.78, 5) is 0. The van der Waals surface area contributed by atoms with Crippen LogP contribution in [-0.2, 0) is 0 Å². The normalized spacial score (nSPS) is 14.3. The Balaban J connectivity index is 1.75. The average Bonchev–Trinajstić information content (AvgIpc) is 2.83. The first kappa shape index (κ1) is 18.3. The number of fused-ring (bicyclic) bond motifs is 3. The standard InChI is InChI=1S/C27H23NO2/c1-28-23-12-7-6-11-20(23)19-15-16-21-22(17-19)27(18-9-4-3-5-10-18)30-25-14-8-13-24(29-2)26(21)25/h3-17,27-28H,1-2H3. The van der Waals surface area contributed by atoms with Crippen molar-refractivity contribution in [3.8, 4) is 33.8 Å². The molecule has 3 nitrogen and oxygen atoms in total. The van der Waals surface area contributed by atoms with Gasteiger partial charge in [0.1, 0.15) is 17.6 Å². The van der Waals surface area contributed by atoms with Crippen molar-refractivity contribution in [1.82, 2.24) is 0 Å². The van der Waals surface area contributed by atoms with Gasteiger partial charge in [0, 0.05) is 23.9 Å². The fourth-order valence-corrected chi connectivity index (χ4v) is 4.24. The van der Waals surface area contributed by atoms with Crippen LogP contribution in [0.5, 0.6) is 11.5 Å². The van der Waals surface area contributed by atoms with E-state index in [4.69, 9.17) is 9.47 Å². The molecule has 3 heteroatoms. The first-order valence-electron chi connectivity index (χ1n) is 10.1. The van der Waals surface area contributed by atoms with E-state index in [0.29, 0.717) is 0 Å². The zero-order valence-electron chi connectivity index (χ0n) is 17.1. The van der Waals surface area contributed by atoms with Crippen molar-refractivity contribution >= 4 is 5.69 Å². The number of hydrogen-bond acceptors (Lipinski definition) is 3. The summed E-state index contributed by atoms with van der Waals surface area (Å²) in [6.07, 6.45) is -0.178. The van der Waals surface area contributed by atoms with Crippen LogP contribution in [0.1, 0.15) is 17.2 Å². The molecule has 4 aromatic rings. The van der Waals surface area contributed by atoms with Crippen LogP contribution in [0.2, 0.25) is 0 Å². The molecule has 0 saturated heterocycles. The van der Waals surface area contributed by atoms with Crippen molar-refractivity contribution in [2.24, 2.45) is 0 Å². The lowest BCUT2D eigenvalue weighted by atomic mass is 9.86. The van der Waals surface area contributed by atoms with Gasteiger partial charge < -0.3 is 14.8 Å². The molecule has 1 N–H and O–H groups in total. The quantitative estimate of drug-likeness (QED) is 0.426. The Morgan fingerprint density at radius 3 is 2.40 bits per heavy atom. The smallest absolute Gasteiger partial charge is 0.149 e. The number of methoxy groups -OCH3 is 1. The fraction of sp³-hybridized carbons (Fsp3) is 0.111. The van der Waals surface area contributed by atoms with Crippen molar-refractivity contribution in [3.05, 3.63) is 102 Å². The van der Waals surface area contributed by atoms with Crippen LogP contribution >= 0.6 is 0 Å². The maximum atomic E-state index is 6.54. The van der Waals surface area contributed by atoms with Crippen LogP contribution in [0.25, 0.3) is 22.3 Å². The van der Waals surface area contributed by atoms with Gasteiger partial charge in [-0.25, -0.2) is 0 Å². The molecule has 4 aromatic carbocycles. The van der Waals surface area contributed by atoms with Crippen LogP contribution in [0, 0.1) is 0 Å². The molecule has 0 fully saturated rings. The number of rotatable bonds is 4. The molecule has 1 heterocycles. The van der Waals surface area contributed by atoms with Crippen LogP contribution in [0.4, 0.5) is 5.69 Å². The molecule has 0 aromatic heterocycles. The van der Waals surface area contributed by atoms with E-state index in [9.17, 15) is 0 Å². The summed E-state index contributed by atoms with van der Waals surface area (Å²) >= 11 is 0. The van der Waals surface area contributed by atoms with E-state index in [-0.39, 0.29) is 6.10 Å². The first-order chi connectivity index (χ1) is 14.8. The Morgan fingerprint density at radius 2 is 1.60 bits per heavy atom. The minimum Gasteiger partial charge on any atom is -0.496 e. The van der Waals surface area contributed by atoms with Gasteiger partial charge in [0.05, 0.1) is 12.7 Å². The lowest BCUT2D eigenvalue weighted by Gasteiger charge is -2.30. The number of anilines is 1. The van der Waals surface area contributed by atoms with Gasteiger partial charge in [-0.15, -0.1) is 0 Å². The molecular weight excluding hydrogens is 370 g/mol. The van der Waals surface area contributed by atoms with Crippen LogP contribution in [-0.4, -0.2) is 14.2 Å². The zero-order valence-corrected chi connectivity index (χ0v) is 17.1. The van der Waals surface area contributed by atoms with Crippen LogP contribution < -0.4 is 14.8 Å². The van der Waals surface area contributed by atoms with E-state index in [1.54, 1.807) is 7.11 Å². The molecule has 0 spiro atoms. The second-order valence-electron chi connectivity index (χ2n) is 7.34. The zero-order chi connectivity index (χ0) is 20.5. The van der Waals surface area contributed by atoms with E-state index < -0.39 is 0 Å². The maximum absolute atomic E-state index is 6.54. The summed E-state index contributed by atoms with van der Waals surface area (Å²) in [6.45, 7) is 0. The van der Waals surface area contributed by atoms with E-state index >= 15 is 0 Å². The van der Waals surface area contributed by atoms with Gasteiger partial charge in [0.2, 0.25) is 0 Å². The Kier molecular flexibility index (Phi) is 4.64. The number of benzene rings is 4. The summed E-state index contributed by atoms with van der Waals surface area (Å²) in [7, 11) is 3.66. The minimum atomic E-state index is -0.178. The van der Waals surface area contributed by atoms with Gasteiger partial charge in [0.25, 0.3) is 0 Å². The van der Waals surface area contributed by atoms with Crippen LogP contribution in [0.3, 0.4) is 0 Å². The summed E-state index contributed by atoms with van der Waals surface area (Å²) in [5.74, 6) is 1.67. The topological polar surface area (TPSA) is 30.5 Å². The molecule has 1 atom stereocenters. The Morgan fingerprint density at radius 1 is 0.800 bits per heavy atom. The average molecular weight is 393 g/mol. The molecule has 0 saturated carbocycles. The molecule has 0 aliphatic carbocycles. The van der Waals surface area contributed by atoms with Crippen molar-refractivity contribution < 1.29 is 9.47 Å². The third-order valence-corrected chi connectivity index (χ3v) is 5.67. The highest BCUT2D eigenvalue weighted by Crippen LogP contribution is 2.49. The van der Waals surface area contributed by atoms with Gasteiger partial charge >= 0.3 is 0 Å². The van der Waals surface area contributed by atoms with Crippen molar-refractivity contribution in [1.29, 1.82) is 0 Å². The second-order valence-corrected chi connectivity index (χ2v) is 7.34. The minimum absolute atomic E-state index is 0.178. The highest BCUT2D eigenvalue weighted by atomic mass is 16.5. The molecular formula is C27H23NO2. The Hall–Kier alpha value is -3.72. The highest BCUT2D eigenvalue weighted by Gasteiger charge is 2.30. The number of nitrogens with one attached hydrogen (secondary N) is 1. The SMILES string of the molecule is CNc1ccccc1-c1ccc2c(c1)C(c1ccccc1)Oc1cccc(OC)c1-2. The number of para-hydroxylation sites is 1. The van der Waals surface area contributed by atoms with E-state index in [1.807, 2.05) is 37.4 Å². The largest absolute Gasteiger partial charge is 0.496 e. The third-order valence-electron chi connectivity index (χ3n) is 5.67. The lowest BCUT2D eigenvalue weighted by molar-refractivity contribution is 0.242. The van der Waals surface area contributed by atoms with Crippen molar-refractivity contribution in [2.75, 3.05) is 19.5 Å². The Bertz CT molecular complexity index is 1200. The fourth-order valence-electron chi connectivity index (χ4n) is 4.24. The monoisotopic (exact) mass is 393 g/mol. The van der Waals surface area contributed by atoms with Gasteiger partial charge in [-0.05, 0) is 41.0 Å². The van der Waals surface area contributed by atoms with E-state index in [2.05, 4.69) is 66.0 Å². The van der Waals surface area contributed by atoms with Gasteiger partial charge in [-0.1, -0.05) is 66.7 Å². The predicted octanol–water partition coefficient (Wildman–Crippen LogP) is 6.55. The molecule has 0 amide bonds. The van der Waals surface area contributed by atoms with E-state index in [1.165, 1.54) is 5.56 Å². The molecule has 1 aliphatic rings. The predicted molar refractivity (Wildman–Crippen MR) is 122 cm³/mol. The van der Waals surface area contributed by atoms with Gasteiger partial charge in [0.15, 0.2) is 0 Å². The molecule has 148 valence electrons. The van der Waals surface area contributed by atoms with Gasteiger partial charge in [-0.3, -0.25) is 0 Å². The molecule has 0 bridgehead atoms. The maximum Gasteiger partial charge on any atom is 0.149 e. The number of hydrogen-bond donors (Lipinski definition) is 1. The van der Waals surface area contributed by atoms with Crippen LogP contribution in [0.15, 0.2) is 91.0 Å². The summed E-state index contributed by atoms with van der Waals surface area (Å²) in [5.41, 5.74) is 7.85. The second kappa shape index (κ2) is 7.60. The van der Waals surface area contributed by atoms with Gasteiger partial charge in [-0.2, -0.15) is 0 Å². The Labute approximate surface area is 176 Å². The third kappa shape index (κ3) is 3.00. The first-order valence-corrected chi connectivity index (χ1v) is 10.1. The molecule has 30 heavy (non-hydrogen) atoms. The van der Waals surface area contributed by atoms with E-state index in [0.717, 1.165) is 45.0 Å². The summed E-state index contributed by atoms with van der Waals surface area (Å²) in [6, 6.07) is 31.3. The van der Waals surface area contributed by atoms with Crippen molar-refractivity contribution in [2.45, 2.75) is 6.10 Å². The number of ether oxygens (including phenoxy) is 2. The summed E-state index contributed by atoms with van der Waals surface area (Å²) in [5, 5.41) is 3.30.